The molecule has 1 fully saturated rings. The summed E-state index contributed by atoms with van der Waals surface area (Å²) in [5.41, 5.74) is 2.91. The van der Waals surface area contributed by atoms with Gasteiger partial charge in [0.05, 0.1) is 0 Å². The van der Waals surface area contributed by atoms with E-state index in [1.165, 1.54) is 6.08 Å². The Morgan fingerprint density at radius 1 is 1.19 bits per heavy atom. The maximum absolute atomic E-state index is 13.2. The number of nitrogens with zero attached hydrogens (tertiary/aromatic N) is 2. The molecule has 6 heteroatoms. The zero-order valence-electron chi connectivity index (χ0n) is 19.1. The summed E-state index contributed by atoms with van der Waals surface area (Å²) in [6.07, 6.45) is 5.44. The van der Waals surface area contributed by atoms with Crippen LogP contribution >= 0.6 is 0 Å². The highest BCUT2D eigenvalue weighted by Gasteiger charge is 2.21. The van der Waals surface area contributed by atoms with Crippen molar-refractivity contribution in [2.24, 2.45) is 5.92 Å². The Labute approximate surface area is 189 Å². The second kappa shape index (κ2) is 11.1. The van der Waals surface area contributed by atoms with Gasteiger partial charge in [0.25, 0.3) is 0 Å². The lowest BCUT2D eigenvalue weighted by atomic mass is 9.84. The normalized spacial score (nSPS) is 16.4. The second-order valence-corrected chi connectivity index (χ2v) is 8.76. The molecule has 2 aromatic rings. The van der Waals surface area contributed by atoms with E-state index in [1.54, 1.807) is 25.3 Å². The number of alkyl halides is 1. The third kappa shape index (κ3) is 6.57. The Morgan fingerprint density at radius 2 is 1.94 bits per heavy atom. The number of carbonyl (C=O) groups is 2. The smallest absolute Gasteiger partial charge is 0.249 e. The molecule has 0 aliphatic carbocycles. The molecule has 3 rings (SSSR count). The molecule has 0 radical (unpaired) electrons. The second-order valence-electron chi connectivity index (χ2n) is 8.76. The van der Waals surface area contributed by atoms with Crippen LogP contribution in [0, 0.1) is 5.92 Å². The van der Waals surface area contributed by atoms with Crippen LogP contribution in [-0.4, -0.2) is 47.4 Å². The summed E-state index contributed by atoms with van der Waals surface area (Å²) < 4.78 is 13.2. The van der Waals surface area contributed by atoms with Crippen LogP contribution in [0.4, 0.5) is 10.2 Å². The number of pyridine rings is 1. The molecule has 1 amide bonds. The molecule has 0 bridgehead atoms. The fourth-order valence-electron chi connectivity index (χ4n) is 4.20. The van der Waals surface area contributed by atoms with Gasteiger partial charge in [-0.15, -0.1) is 0 Å². The van der Waals surface area contributed by atoms with E-state index in [2.05, 4.69) is 29.0 Å². The number of nitrogens with one attached hydrogen (secondary N) is 1. The summed E-state index contributed by atoms with van der Waals surface area (Å²) in [6.45, 7) is 7.83. The molecule has 1 aliphatic heterocycles. The molecule has 1 atom stereocenters. The molecule has 1 N–H and O–H groups in total. The number of likely N-dealkylation sites (tertiary alicyclic amines) is 1. The Bertz CT molecular complexity index is 948. The van der Waals surface area contributed by atoms with Gasteiger partial charge in [0.2, 0.25) is 5.91 Å². The van der Waals surface area contributed by atoms with Gasteiger partial charge in [-0.1, -0.05) is 44.2 Å². The van der Waals surface area contributed by atoms with E-state index in [0.29, 0.717) is 25.2 Å². The van der Waals surface area contributed by atoms with E-state index in [4.69, 9.17) is 0 Å². The lowest BCUT2D eigenvalue weighted by Gasteiger charge is -2.27. The van der Waals surface area contributed by atoms with Crippen molar-refractivity contribution >= 4 is 17.5 Å². The predicted octanol–water partition coefficient (Wildman–Crippen LogP) is 5.01. The van der Waals surface area contributed by atoms with Gasteiger partial charge in [0, 0.05) is 43.4 Å². The first-order chi connectivity index (χ1) is 15.3. The number of amides is 1. The largest absolute Gasteiger partial charge is 0.307 e. The monoisotopic (exact) mass is 437 g/mol. The summed E-state index contributed by atoms with van der Waals surface area (Å²) in [6, 6.07) is 11.7. The molecule has 0 saturated carbocycles. The fraction of sp³-hybridized carbons (Fsp3) is 0.423. The van der Waals surface area contributed by atoms with E-state index < -0.39 is 6.17 Å². The summed E-state index contributed by atoms with van der Waals surface area (Å²) >= 11 is 0. The summed E-state index contributed by atoms with van der Waals surface area (Å²) in [5.74, 6) is 0.488. The number of piperidine rings is 1. The number of Topliss-reactive ketones (excluding diaryl/α,β-unsaturated/α-hetero) is 1. The average molecular weight is 438 g/mol. The standard InChI is InChI=1S/C26H32FN3O2/c1-18(2)26(19(3)31)21-7-4-6-20(16-21)22-9-10-24(28-17-22)29-25(32)8-5-13-30-14-11-23(27)12-15-30/h4-10,16-18,23,26H,11-15H2,1-3H3,(H,28,29,32)/b8-5+. The predicted molar refractivity (Wildman–Crippen MR) is 126 cm³/mol. The van der Waals surface area contributed by atoms with Gasteiger partial charge in [0.15, 0.2) is 0 Å². The maximum atomic E-state index is 13.2. The van der Waals surface area contributed by atoms with Crippen LogP contribution in [0.1, 0.15) is 45.1 Å². The number of halogens is 1. The minimum Gasteiger partial charge on any atom is -0.307 e. The fourth-order valence-corrected chi connectivity index (χ4v) is 4.20. The van der Waals surface area contributed by atoms with Crippen LogP contribution in [0.15, 0.2) is 54.7 Å². The Kier molecular flexibility index (Phi) is 8.28. The number of aromatic nitrogens is 1. The molecule has 1 aromatic heterocycles. The number of ketones is 1. The first kappa shape index (κ1) is 23.8. The molecule has 1 saturated heterocycles. The molecule has 170 valence electrons. The van der Waals surface area contributed by atoms with Gasteiger partial charge in [0.1, 0.15) is 17.8 Å². The molecule has 0 spiro atoms. The summed E-state index contributed by atoms with van der Waals surface area (Å²) in [4.78, 5) is 30.7. The van der Waals surface area contributed by atoms with Gasteiger partial charge >= 0.3 is 0 Å². The highest BCUT2D eigenvalue weighted by Crippen LogP contribution is 2.29. The van der Waals surface area contributed by atoms with E-state index in [1.807, 2.05) is 30.3 Å². The van der Waals surface area contributed by atoms with Crippen molar-refractivity contribution in [3.8, 4) is 11.1 Å². The Morgan fingerprint density at radius 3 is 2.56 bits per heavy atom. The zero-order chi connectivity index (χ0) is 23.1. The first-order valence-electron chi connectivity index (χ1n) is 11.2. The van der Waals surface area contributed by atoms with Gasteiger partial charge in [-0.25, -0.2) is 9.37 Å². The molecule has 2 heterocycles. The lowest BCUT2D eigenvalue weighted by molar-refractivity contribution is -0.119. The van der Waals surface area contributed by atoms with Gasteiger partial charge in [-0.2, -0.15) is 0 Å². The van der Waals surface area contributed by atoms with Gasteiger partial charge < -0.3 is 5.32 Å². The quantitative estimate of drug-likeness (QED) is 0.590. The van der Waals surface area contributed by atoms with Crippen LogP contribution in [0.5, 0.6) is 0 Å². The summed E-state index contributed by atoms with van der Waals surface area (Å²) in [5, 5.41) is 2.76. The van der Waals surface area contributed by atoms with E-state index >= 15 is 0 Å². The average Bonchev–Trinajstić information content (AvgIpc) is 2.75. The molecular formula is C26H32FN3O2. The molecule has 5 nitrogen and oxygen atoms in total. The highest BCUT2D eigenvalue weighted by atomic mass is 19.1. The SMILES string of the molecule is CC(=O)C(c1cccc(-c2ccc(NC(=O)/C=C/CN3CCC(F)CC3)nc2)c1)C(C)C. The molecular weight excluding hydrogens is 405 g/mol. The number of carbonyl (C=O) groups excluding carboxylic acids is 2. The van der Waals surface area contributed by atoms with Crippen LogP contribution < -0.4 is 5.32 Å². The third-order valence-electron chi connectivity index (χ3n) is 5.85. The van der Waals surface area contributed by atoms with Crippen molar-refractivity contribution in [3.63, 3.8) is 0 Å². The minimum absolute atomic E-state index is 0.128. The number of anilines is 1. The van der Waals surface area contributed by atoms with Crippen molar-refractivity contribution in [2.75, 3.05) is 25.0 Å². The van der Waals surface area contributed by atoms with Gasteiger partial charge in [-0.05, 0) is 48.9 Å². The molecule has 1 aromatic carbocycles. The van der Waals surface area contributed by atoms with Gasteiger partial charge in [-0.3, -0.25) is 14.5 Å². The zero-order valence-corrected chi connectivity index (χ0v) is 19.1. The maximum Gasteiger partial charge on any atom is 0.249 e. The number of hydrogen-bond donors (Lipinski definition) is 1. The van der Waals surface area contributed by atoms with Crippen molar-refractivity contribution in [1.82, 2.24) is 9.88 Å². The van der Waals surface area contributed by atoms with Crippen molar-refractivity contribution in [3.05, 3.63) is 60.3 Å². The van der Waals surface area contributed by atoms with Crippen LogP contribution in [-0.2, 0) is 9.59 Å². The van der Waals surface area contributed by atoms with E-state index in [9.17, 15) is 14.0 Å². The Hall–Kier alpha value is -2.86. The Balaban J connectivity index is 1.59. The number of benzene rings is 1. The summed E-state index contributed by atoms with van der Waals surface area (Å²) in [7, 11) is 0. The topological polar surface area (TPSA) is 62.3 Å². The van der Waals surface area contributed by atoms with Crippen LogP contribution in [0.3, 0.4) is 0 Å². The van der Waals surface area contributed by atoms with E-state index in [-0.39, 0.29) is 23.5 Å². The van der Waals surface area contributed by atoms with Crippen molar-refractivity contribution in [1.29, 1.82) is 0 Å². The number of hydrogen-bond acceptors (Lipinski definition) is 4. The molecule has 32 heavy (non-hydrogen) atoms. The molecule has 1 aliphatic rings. The first-order valence-corrected chi connectivity index (χ1v) is 11.2. The van der Waals surface area contributed by atoms with Crippen molar-refractivity contribution < 1.29 is 14.0 Å². The van der Waals surface area contributed by atoms with E-state index in [0.717, 1.165) is 29.8 Å². The molecule has 1 unspecified atom stereocenters. The lowest BCUT2D eigenvalue weighted by Crippen LogP contribution is -2.34. The minimum atomic E-state index is -0.694. The number of rotatable bonds is 8. The third-order valence-corrected chi connectivity index (χ3v) is 5.85. The van der Waals surface area contributed by atoms with Crippen LogP contribution in [0.2, 0.25) is 0 Å². The van der Waals surface area contributed by atoms with Crippen LogP contribution in [0.25, 0.3) is 11.1 Å². The highest BCUT2D eigenvalue weighted by molar-refractivity contribution is 5.98. The van der Waals surface area contributed by atoms with Crippen molar-refractivity contribution in [2.45, 2.75) is 45.7 Å².